The molecule has 94 valence electrons. The van der Waals surface area contributed by atoms with Crippen LogP contribution in [-0.2, 0) is 0 Å². The first kappa shape index (κ1) is 12.4. The van der Waals surface area contributed by atoms with Crippen LogP contribution >= 0.6 is 0 Å². The van der Waals surface area contributed by atoms with Crippen molar-refractivity contribution in [1.29, 1.82) is 0 Å². The first-order chi connectivity index (χ1) is 7.76. The predicted molar refractivity (Wildman–Crippen MR) is 67.5 cm³/mol. The van der Waals surface area contributed by atoms with Crippen LogP contribution in [0.5, 0.6) is 0 Å². The van der Waals surface area contributed by atoms with Crippen molar-refractivity contribution in [3.63, 3.8) is 0 Å². The lowest BCUT2D eigenvalue weighted by Gasteiger charge is -2.34. The van der Waals surface area contributed by atoms with Gasteiger partial charge in [-0.3, -0.25) is 0 Å². The smallest absolute Gasteiger partial charge is 0.0693 e. The molecule has 2 aliphatic carbocycles. The van der Waals surface area contributed by atoms with Gasteiger partial charge in [-0.05, 0) is 37.5 Å². The number of aliphatic hydroxyl groups excluding tert-OH is 1. The standard InChI is InChI=1S/C14H27NO/c1-2-14(9-5-6-10-14)11-15-12-7-3-4-8-13(12)16/h12-13,15-16H,2-11H2,1H3. The lowest BCUT2D eigenvalue weighted by atomic mass is 9.82. The van der Waals surface area contributed by atoms with Gasteiger partial charge in [0.25, 0.3) is 0 Å². The summed E-state index contributed by atoms with van der Waals surface area (Å²) in [5.41, 5.74) is 0.553. The number of hydrogen-bond acceptors (Lipinski definition) is 2. The van der Waals surface area contributed by atoms with Crippen LogP contribution in [0.1, 0.15) is 64.7 Å². The summed E-state index contributed by atoms with van der Waals surface area (Å²) in [6.45, 7) is 3.45. The third-order valence-electron chi connectivity index (χ3n) is 4.88. The number of nitrogens with one attached hydrogen (secondary N) is 1. The second-order valence-electron chi connectivity index (χ2n) is 5.90. The second kappa shape index (κ2) is 5.50. The van der Waals surface area contributed by atoms with Crippen LogP contribution in [0.3, 0.4) is 0 Å². The first-order valence-corrected chi connectivity index (χ1v) is 7.17. The highest BCUT2D eigenvalue weighted by atomic mass is 16.3. The van der Waals surface area contributed by atoms with Crippen molar-refractivity contribution in [2.45, 2.75) is 76.9 Å². The van der Waals surface area contributed by atoms with Gasteiger partial charge >= 0.3 is 0 Å². The van der Waals surface area contributed by atoms with Gasteiger partial charge in [0.1, 0.15) is 0 Å². The fourth-order valence-electron chi connectivity index (χ4n) is 3.48. The highest BCUT2D eigenvalue weighted by Crippen LogP contribution is 2.40. The van der Waals surface area contributed by atoms with E-state index in [1.165, 1.54) is 51.4 Å². The van der Waals surface area contributed by atoms with Crippen LogP contribution in [0.4, 0.5) is 0 Å². The zero-order chi connectivity index (χ0) is 11.4. The minimum atomic E-state index is -0.0935. The van der Waals surface area contributed by atoms with Crippen molar-refractivity contribution in [3.8, 4) is 0 Å². The Morgan fingerprint density at radius 1 is 1.12 bits per heavy atom. The van der Waals surface area contributed by atoms with Gasteiger partial charge in [-0.25, -0.2) is 0 Å². The second-order valence-corrected chi connectivity index (χ2v) is 5.90. The molecule has 0 aromatic carbocycles. The van der Waals surface area contributed by atoms with Crippen LogP contribution in [0.15, 0.2) is 0 Å². The third kappa shape index (κ3) is 2.78. The van der Waals surface area contributed by atoms with Gasteiger partial charge in [-0.2, -0.15) is 0 Å². The Balaban J connectivity index is 1.80. The van der Waals surface area contributed by atoms with Crippen molar-refractivity contribution in [3.05, 3.63) is 0 Å². The summed E-state index contributed by atoms with van der Waals surface area (Å²) in [6, 6.07) is 0.373. The van der Waals surface area contributed by atoms with Gasteiger partial charge in [0.05, 0.1) is 6.10 Å². The zero-order valence-corrected chi connectivity index (χ0v) is 10.7. The molecule has 2 fully saturated rings. The van der Waals surface area contributed by atoms with Gasteiger partial charge < -0.3 is 10.4 Å². The van der Waals surface area contributed by atoms with Crippen LogP contribution in [0.2, 0.25) is 0 Å². The first-order valence-electron chi connectivity index (χ1n) is 7.17. The van der Waals surface area contributed by atoms with E-state index in [0.29, 0.717) is 11.5 Å². The molecular weight excluding hydrogens is 198 g/mol. The molecule has 16 heavy (non-hydrogen) atoms. The van der Waals surface area contributed by atoms with Crippen LogP contribution in [0.25, 0.3) is 0 Å². The molecule has 0 saturated heterocycles. The Kier molecular flexibility index (Phi) is 4.26. The Morgan fingerprint density at radius 3 is 2.44 bits per heavy atom. The molecule has 0 aromatic heterocycles. The summed E-state index contributed by atoms with van der Waals surface area (Å²) in [6.07, 6.45) is 11.4. The van der Waals surface area contributed by atoms with Crippen molar-refractivity contribution >= 4 is 0 Å². The molecule has 0 radical (unpaired) electrons. The van der Waals surface area contributed by atoms with Gasteiger partial charge in [-0.1, -0.05) is 32.6 Å². The Labute approximate surface area is 99.8 Å². The van der Waals surface area contributed by atoms with Gasteiger partial charge in [0.2, 0.25) is 0 Å². The van der Waals surface area contributed by atoms with Crippen LogP contribution < -0.4 is 5.32 Å². The molecule has 0 aromatic rings. The Bertz CT molecular complexity index is 211. The molecule has 0 amide bonds. The third-order valence-corrected chi connectivity index (χ3v) is 4.88. The number of rotatable bonds is 4. The van der Waals surface area contributed by atoms with Crippen molar-refractivity contribution in [2.24, 2.45) is 5.41 Å². The SMILES string of the molecule is CCC1(CNC2CCCCC2O)CCCC1. The quantitative estimate of drug-likeness (QED) is 0.771. The number of hydrogen-bond donors (Lipinski definition) is 2. The summed E-state index contributed by atoms with van der Waals surface area (Å²) in [7, 11) is 0. The molecular formula is C14H27NO. The average Bonchev–Trinajstić information content (AvgIpc) is 2.78. The molecule has 0 heterocycles. The zero-order valence-electron chi connectivity index (χ0n) is 10.7. The van der Waals surface area contributed by atoms with Gasteiger partial charge in [0, 0.05) is 12.6 Å². The van der Waals surface area contributed by atoms with E-state index in [0.717, 1.165) is 13.0 Å². The highest BCUT2D eigenvalue weighted by molar-refractivity contribution is 4.89. The van der Waals surface area contributed by atoms with E-state index in [-0.39, 0.29) is 6.10 Å². The average molecular weight is 225 g/mol. The Hall–Kier alpha value is -0.0800. The molecule has 0 spiro atoms. The fourth-order valence-corrected chi connectivity index (χ4v) is 3.48. The molecule has 2 saturated carbocycles. The molecule has 2 rings (SSSR count). The molecule has 2 N–H and O–H groups in total. The molecule has 0 bridgehead atoms. The largest absolute Gasteiger partial charge is 0.392 e. The predicted octanol–water partition coefficient (Wildman–Crippen LogP) is 2.85. The van der Waals surface area contributed by atoms with E-state index < -0.39 is 0 Å². The molecule has 2 unspecified atom stereocenters. The minimum Gasteiger partial charge on any atom is -0.392 e. The summed E-state index contributed by atoms with van der Waals surface area (Å²) >= 11 is 0. The van der Waals surface area contributed by atoms with Crippen molar-refractivity contribution in [1.82, 2.24) is 5.32 Å². The van der Waals surface area contributed by atoms with E-state index in [1.807, 2.05) is 0 Å². The van der Waals surface area contributed by atoms with E-state index in [9.17, 15) is 5.11 Å². The van der Waals surface area contributed by atoms with Crippen molar-refractivity contribution in [2.75, 3.05) is 6.54 Å². The van der Waals surface area contributed by atoms with Gasteiger partial charge in [0.15, 0.2) is 0 Å². The topological polar surface area (TPSA) is 32.3 Å². The molecule has 2 nitrogen and oxygen atoms in total. The molecule has 0 aliphatic heterocycles. The van der Waals surface area contributed by atoms with Crippen LogP contribution in [-0.4, -0.2) is 23.8 Å². The van der Waals surface area contributed by atoms with E-state index in [2.05, 4.69) is 12.2 Å². The summed E-state index contributed by atoms with van der Waals surface area (Å²) < 4.78 is 0. The number of aliphatic hydroxyl groups is 1. The summed E-state index contributed by atoms with van der Waals surface area (Å²) in [5, 5.41) is 13.6. The summed E-state index contributed by atoms with van der Waals surface area (Å²) in [4.78, 5) is 0. The maximum absolute atomic E-state index is 9.94. The molecule has 2 heteroatoms. The summed E-state index contributed by atoms with van der Waals surface area (Å²) in [5.74, 6) is 0. The normalized spacial score (nSPS) is 34.1. The molecule has 2 atom stereocenters. The van der Waals surface area contributed by atoms with Crippen molar-refractivity contribution < 1.29 is 5.11 Å². The van der Waals surface area contributed by atoms with E-state index in [4.69, 9.17) is 0 Å². The Morgan fingerprint density at radius 2 is 1.81 bits per heavy atom. The lowest BCUT2D eigenvalue weighted by molar-refractivity contribution is 0.0826. The lowest BCUT2D eigenvalue weighted by Crippen LogP contribution is -2.46. The van der Waals surface area contributed by atoms with E-state index in [1.54, 1.807) is 0 Å². The minimum absolute atomic E-state index is 0.0935. The monoisotopic (exact) mass is 225 g/mol. The fraction of sp³-hybridized carbons (Fsp3) is 1.00. The van der Waals surface area contributed by atoms with Gasteiger partial charge in [-0.15, -0.1) is 0 Å². The van der Waals surface area contributed by atoms with Crippen LogP contribution in [0, 0.1) is 5.41 Å². The van der Waals surface area contributed by atoms with E-state index >= 15 is 0 Å². The maximum atomic E-state index is 9.94. The highest BCUT2D eigenvalue weighted by Gasteiger charge is 2.33. The maximum Gasteiger partial charge on any atom is 0.0693 e. The molecule has 2 aliphatic rings.